The molecule has 3 N–H and O–H groups in total. The monoisotopic (exact) mass is 238 g/mol. The van der Waals surface area contributed by atoms with Gasteiger partial charge in [-0.05, 0) is 30.2 Å². The number of nitrogens with two attached hydrogens (primary N) is 1. The topological polar surface area (TPSA) is 51.2 Å². The first-order valence-corrected chi connectivity index (χ1v) is 5.14. The van der Waals surface area contributed by atoms with E-state index < -0.39 is 11.6 Å². The van der Waals surface area contributed by atoms with Gasteiger partial charge in [-0.15, -0.1) is 0 Å². The number of rotatable bonds is 4. The van der Waals surface area contributed by atoms with Gasteiger partial charge in [0.2, 0.25) is 0 Å². The molecule has 3 nitrogen and oxygen atoms in total. The first-order chi connectivity index (χ1) is 8.22. The Labute approximate surface area is 97.2 Å². The standard InChI is InChI=1S/C12H12F2N2O/c13-9-4-1-3-8(12(9)14)7-10(16-15)11-5-2-6-17-11/h1-6,10,16H,7,15H2. The Balaban J connectivity index is 2.22. The fourth-order valence-corrected chi connectivity index (χ4v) is 1.66. The van der Waals surface area contributed by atoms with Crippen molar-refractivity contribution < 1.29 is 13.2 Å². The Hall–Kier alpha value is -1.72. The first-order valence-electron chi connectivity index (χ1n) is 5.14. The summed E-state index contributed by atoms with van der Waals surface area (Å²) < 4.78 is 31.7. The lowest BCUT2D eigenvalue weighted by Crippen LogP contribution is -2.29. The highest BCUT2D eigenvalue weighted by atomic mass is 19.2. The van der Waals surface area contributed by atoms with Gasteiger partial charge in [-0.25, -0.2) is 14.2 Å². The molecule has 0 spiro atoms. The van der Waals surface area contributed by atoms with E-state index in [0.717, 1.165) is 6.07 Å². The van der Waals surface area contributed by atoms with Crippen LogP contribution in [0.2, 0.25) is 0 Å². The van der Waals surface area contributed by atoms with E-state index >= 15 is 0 Å². The molecular weight excluding hydrogens is 226 g/mol. The summed E-state index contributed by atoms with van der Waals surface area (Å²) in [5, 5.41) is 0. The van der Waals surface area contributed by atoms with Gasteiger partial charge in [0.25, 0.3) is 0 Å². The average Bonchev–Trinajstić information content (AvgIpc) is 2.85. The molecule has 0 radical (unpaired) electrons. The third-order valence-electron chi connectivity index (χ3n) is 2.54. The van der Waals surface area contributed by atoms with Crippen LogP contribution in [0.4, 0.5) is 8.78 Å². The van der Waals surface area contributed by atoms with Gasteiger partial charge in [0.05, 0.1) is 12.3 Å². The van der Waals surface area contributed by atoms with Gasteiger partial charge in [0.15, 0.2) is 11.6 Å². The van der Waals surface area contributed by atoms with Crippen molar-refractivity contribution in [2.24, 2.45) is 5.84 Å². The third kappa shape index (κ3) is 2.51. The summed E-state index contributed by atoms with van der Waals surface area (Å²) >= 11 is 0. The molecule has 17 heavy (non-hydrogen) atoms. The smallest absolute Gasteiger partial charge is 0.162 e. The molecule has 0 aliphatic heterocycles. The van der Waals surface area contributed by atoms with Gasteiger partial charge in [0, 0.05) is 0 Å². The van der Waals surface area contributed by atoms with E-state index in [0.29, 0.717) is 5.76 Å². The van der Waals surface area contributed by atoms with Gasteiger partial charge in [0.1, 0.15) is 5.76 Å². The number of hydrogen-bond donors (Lipinski definition) is 2. The Morgan fingerprint density at radius 2 is 2.06 bits per heavy atom. The van der Waals surface area contributed by atoms with Crippen LogP contribution in [0.5, 0.6) is 0 Å². The van der Waals surface area contributed by atoms with E-state index in [9.17, 15) is 8.78 Å². The van der Waals surface area contributed by atoms with Crippen LogP contribution in [0.15, 0.2) is 41.0 Å². The summed E-state index contributed by atoms with van der Waals surface area (Å²) in [5.41, 5.74) is 2.77. The number of hydrogen-bond acceptors (Lipinski definition) is 3. The molecule has 0 saturated carbocycles. The van der Waals surface area contributed by atoms with E-state index in [-0.39, 0.29) is 18.0 Å². The van der Waals surface area contributed by atoms with Crippen molar-refractivity contribution in [3.8, 4) is 0 Å². The normalized spacial score (nSPS) is 12.6. The molecule has 2 aromatic rings. The minimum Gasteiger partial charge on any atom is -0.468 e. The van der Waals surface area contributed by atoms with Gasteiger partial charge < -0.3 is 4.42 Å². The lowest BCUT2D eigenvalue weighted by molar-refractivity contribution is 0.408. The van der Waals surface area contributed by atoms with Crippen molar-refractivity contribution >= 4 is 0 Å². The Morgan fingerprint density at radius 3 is 2.71 bits per heavy atom. The van der Waals surface area contributed by atoms with Crippen molar-refractivity contribution in [2.75, 3.05) is 0 Å². The molecule has 5 heteroatoms. The van der Waals surface area contributed by atoms with Gasteiger partial charge in [-0.1, -0.05) is 12.1 Å². The molecule has 0 bridgehead atoms. The molecular formula is C12H12F2N2O. The average molecular weight is 238 g/mol. The van der Waals surface area contributed by atoms with Crippen LogP contribution in [0.1, 0.15) is 17.4 Å². The zero-order valence-electron chi connectivity index (χ0n) is 8.99. The zero-order chi connectivity index (χ0) is 12.3. The molecule has 0 saturated heterocycles. The highest BCUT2D eigenvalue weighted by Gasteiger charge is 2.16. The van der Waals surface area contributed by atoms with Crippen molar-refractivity contribution in [1.82, 2.24) is 5.43 Å². The Morgan fingerprint density at radius 1 is 1.24 bits per heavy atom. The van der Waals surface area contributed by atoms with Crippen LogP contribution in [-0.2, 0) is 6.42 Å². The third-order valence-corrected chi connectivity index (χ3v) is 2.54. The summed E-state index contributed by atoms with van der Waals surface area (Å²) in [6.07, 6.45) is 1.72. The molecule has 1 unspecified atom stereocenters. The largest absolute Gasteiger partial charge is 0.468 e. The molecule has 1 aromatic heterocycles. The van der Waals surface area contributed by atoms with E-state index in [1.807, 2.05) is 0 Å². The second-order valence-corrected chi connectivity index (χ2v) is 3.65. The first kappa shape index (κ1) is 11.8. The predicted octanol–water partition coefficient (Wildman–Crippen LogP) is 2.30. The molecule has 1 atom stereocenters. The van der Waals surface area contributed by atoms with E-state index in [1.165, 1.54) is 18.4 Å². The van der Waals surface area contributed by atoms with Crippen molar-refractivity contribution in [1.29, 1.82) is 0 Å². The highest BCUT2D eigenvalue weighted by Crippen LogP contribution is 2.21. The lowest BCUT2D eigenvalue weighted by atomic mass is 10.0. The SMILES string of the molecule is NNC(Cc1cccc(F)c1F)c1ccco1. The predicted molar refractivity (Wildman–Crippen MR) is 58.8 cm³/mol. The molecule has 2 rings (SSSR count). The van der Waals surface area contributed by atoms with Crippen molar-refractivity contribution in [3.05, 3.63) is 59.6 Å². The molecule has 0 fully saturated rings. The van der Waals surface area contributed by atoms with Crippen LogP contribution >= 0.6 is 0 Å². The highest BCUT2D eigenvalue weighted by molar-refractivity contribution is 5.21. The molecule has 90 valence electrons. The van der Waals surface area contributed by atoms with Crippen LogP contribution in [0.3, 0.4) is 0 Å². The maximum atomic E-state index is 13.5. The van der Waals surface area contributed by atoms with Gasteiger partial charge in [-0.2, -0.15) is 0 Å². The fraction of sp³-hybridized carbons (Fsp3) is 0.167. The Bertz CT molecular complexity index is 485. The quantitative estimate of drug-likeness (QED) is 0.634. The van der Waals surface area contributed by atoms with Gasteiger partial charge >= 0.3 is 0 Å². The Kier molecular flexibility index (Phi) is 3.51. The summed E-state index contributed by atoms with van der Waals surface area (Å²) in [6, 6.07) is 7.11. The summed E-state index contributed by atoms with van der Waals surface area (Å²) in [7, 11) is 0. The second kappa shape index (κ2) is 5.07. The number of halogens is 2. The van der Waals surface area contributed by atoms with Crippen LogP contribution < -0.4 is 11.3 Å². The maximum Gasteiger partial charge on any atom is 0.162 e. The van der Waals surface area contributed by atoms with Crippen LogP contribution in [0.25, 0.3) is 0 Å². The fourth-order valence-electron chi connectivity index (χ4n) is 1.66. The van der Waals surface area contributed by atoms with E-state index in [4.69, 9.17) is 10.3 Å². The van der Waals surface area contributed by atoms with Gasteiger partial charge in [-0.3, -0.25) is 5.84 Å². The molecule has 0 aliphatic rings. The molecule has 1 aromatic carbocycles. The minimum absolute atomic E-state index is 0.216. The van der Waals surface area contributed by atoms with Crippen LogP contribution in [0, 0.1) is 11.6 Å². The number of benzene rings is 1. The van der Waals surface area contributed by atoms with E-state index in [2.05, 4.69) is 5.43 Å². The number of nitrogens with one attached hydrogen (secondary N) is 1. The minimum atomic E-state index is -0.863. The lowest BCUT2D eigenvalue weighted by Gasteiger charge is -2.13. The zero-order valence-corrected chi connectivity index (χ0v) is 8.99. The maximum absolute atomic E-state index is 13.5. The summed E-state index contributed by atoms with van der Waals surface area (Å²) in [5.74, 6) is 4.24. The second-order valence-electron chi connectivity index (χ2n) is 3.65. The molecule has 0 aliphatic carbocycles. The van der Waals surface area contributed by atoms with Crippen LogP contribution in [-0.4, -0.2) is 0 Å². The number of hydrazine groups is 1. The molecule has 1 heterocycles. The number of furan rings is 1. The molecule has 0 amide bonds. The summed E-state index contributed by atoms with van der Waals surface area (Å²) in [6.45, 7) is 0. The van der Waals surface area contributed by atoms with Crippen molar-refractivity contribution in [2.45, 2.75) is 12.5 Å². The summed E-state index contributed by atoms with van der Waals surface area (Å²) in [4.78, 5) is 0. The van der Waals surface area contributed by atoms with E-state index in [1.54, 1.807) is 12.1 Å². The van der Waals surface area contributed by atoms with Crippen molar-refractivity contribution in [3.63, 3.8) is 0 Å².